The highest BCUT2D eigenvalue weighted by Gasteiger charge is 2.29. The summed E-state index contributed by atoms with van der Waals surface area (Å²) in [4.78, 5) is 25.8. The number of aromatic nitrogens is 7. The number of rotatable bonds is 6. The number of nitrogens with one attached hydrogen (secondary N) is 1. The predicted octanol–water partition coefficient (Wildman–Crippen LogP) is 3.15. The Kier molecular flexibility index (Phi) is 6.04. The molecular formula is C27H27N9O2. The molecule has 0 unspecified atom stereocenters. The molecule has 1 amide bonds. The minimum atomic E-state index is -0.248. The maximum Gasteiger partial charge on any atom is 0.256 e. The van der Waals surface area contributed by atoms with E-state index in [0.717, 1.165) is 41.6 Å². The Labute approximate surface area is 218 Å². The van der Waals surface area contributed by atoms with Crippen LogP contribution in [0, 0.1) is 6.92 Å². The number of nitrogens with zero attached hydrogens (tertiary/aromatic N) is 7. The monoisotopic (exact) mass is 509 g/mol. The lowest BCUT2D eigenvalue weighted by Gasteiger charge is -2.23. The first kappa shape index (κ1) is 23.7. The molecule has 38 heavy (non-hydrogen) atoms. The van der Waals surface area contributed by atoms with Gasteiger partial charge in [-0.3, -0.25) is 9.48 Å². The van der Waals surface area contributed by atoms with Gasteiger partial charge in [0.2, 0.25) is 0 Å². The number of fused-ring (bicyclic) bond motifs is 2. The number of benzene rings is 1. The largest absolute Gasteiger partial charge is 0.394 e. The van der Waals surface area contributed by atoms with Crippen molar-refractivity contribution < 1.29 is 9.90 Å². The summed E-state index contributed by atoms with van der Waals surface area (Å²) in [6, 6.07) is 10.8. The fourth-order valence-corrected chi connectivity index (χ4v) is 5.12. The van der Waals surface area contributed by atoms with E-state index >= 15 is 0 Å². The Morgan fingerprint density at radius 3 is 2.82 bits per heavy atom. The van der Waals surface area contributed by atoms with E-state index in [1.54, 1.807) is 18.3 Å². The molecule has 4 N–H and O–H groups in total. The molecule has 1 aliphatic carbocycles. The number of nitrogens with two attached hydrogens (primary N) is 1. The van der Waals surface area contributed by atoms with Crippen molar-refractivity contribution in [1.29, 1.82) is 0 Å². The molecule has 4 heterocycles. The van der Waals surface area contributed by atoms with E-state index in [2.05, 4.69) is 25.4 Å². The van der Waals surface area contributed by atoms with E-state index in [0.29, 0.717) is 40.5 Å². The SMILES string of the molecule is Cc1ccnc(NC(=O)c2ccc(-c3nn([C@@H]4CCCc5c4cnn5CCO)c4ncnc(N)c34)cc2)c1. The standard InChI is InChI=1S/C27H27N9O2/c1-16-9-10-29-22(13-16)33-27(38)18-7-5-17(6-8-18)24-23-25(28)30-15-31-26(23)36(34-24)21-4-2-3-20-19(21)14-32-35(20)11-12-37/h5-10,13-15,21,37H,2-4,11-12H2,1H3,(H2,28,30,31)(H,29,33,38)/t21-/m1/s1. The number of pyridine rings is 1. The van der Waals surface area contributed by atoms with Crippen LogP contribution in [-0.2, 0) is 13.0 Å². The molecule has 0 radical (unpaired) electrons. The van der Waals surface area contributed by atoms with Crippen LogP contribution in [-0.4, -0.2) is 52.1 Å². The van der Waals surface area contributed by atoms with Crippen molar-refractivity contribution >= 4 is 28.6 Å². The third kappa shape index (κ3) is 4.16. The van der Waals surface area contributed by atoms with Crippen LogP contribution in [0.4, 0.5) is 11.6 Å². The summed E-state index contributed by atoms with van der Waals surface area (Å²) in [6.45, 7) is 2.44. The average molecular weight is 510 g/mol. The van der Waals surface area contributed by atoms with Gasteiger partial charge in [-0.25, -0.2) is 19.6 Å². The zero-order valence-electron chi connectivity index (χ0n) is 20.9. The number of carbonyl (C=O) groups excluding carboxylic acids is 1. The molecule has 0 spiro atoms. The maximum absolute atomic E-state index is 12.8. The number of aliphatic hydroxyl groups excluding tert-OH is 1. The highest BCUT2D eigenvalue weighted by molar-refractivity contribution is 6.04. The van der Waals surface area contributed by atoms with Gasteiger partial charge in [0.15, 0.2) is 5.65 Å². The van der Waals surface area contributed by atoms with Crippen molar-refractivity contribution in [3.63, 3.8) is 0 Å². The van der Waals surface area contributed by atoms with Gasteiger partial charge >= 0.3 is 0 Å². The van der Waals surface area contributed by atoms with Crippen molar-refractivity contribution in [2.75, 3.05) is 17.7 Å². The van der Waals surface area contributed by atoms with E-state index in [1.165, 1.54) is 6.33 Å². The molecule has 0 fully saturated rings. The van der Waals surface area contributed by atoms with Crippen LogP contribution in [0.1, 0.15) is 46.1 Å². The van der Waals surface area contributed by atoms with Crippen molar-refractivity contribution in [2.45, 2.75) is 38.8 Å². The molecule has 4 aromatic heterocycles. The fraction of sp³-hybridized carbons (Fsp3) is 0.259. The van der Waals surface area contributed by atoms with Crippen molar-refractivity contribution in [1.82, 2.24) is 34.5 Å². The number of aliphatic hydroxyl groups is 1. The number of hydrogen-bond acceptors (Lipinski definition) is 8. The van der Waals surface area contributed by atoms with Crippen LogP contribution in [0.2, 0.25) is 0 Å². The number of anilines is 2. The fourth-order valence-electron chi connectivity index (χ4n) is 5.12. The lowest BCUT2D eigenvalue weighted by molar-refractivity contribution is 0.102. The topological polar surface area (TPSA) is 150 Å². The molecule has 1 atom stereocenters. The second kappa shape index (κ2) is 9.67. The quantitative estimate of drug-likeness (QED) is 0.316. The summed E-state index contributed by atoms with van der Waals surface area (Å²) in [6.07, 6.45) is 7.72. The van der Waals surface area contributed by atoms with Crippen molar-refractivity contribution in [2.24, 2.45) is 0 Å². The van der Waals surface area contributed by atoms with Gasteiger partial charge in [0.1, 0.15) is 23.7 Å². The molecule has 11 heteroatoms. The van der Waals surface area contributed by atoms with E-state index in [9.17, 15) is 9.90 Å². The summed E-state index contributed by atoms with van der Waals surface area (Å²) in [7, 11) is 0. The minimum Gasteiger partial charge on any atom is -0.394 e. The van der Waals surface area contributed by atoms with E-state index < -0.39 is 0 Å². The number of nitrogen functional groups attached to an aromatic ring is 1. The molecular weight excluding hydrogens is 482 g/mol. The highest BCUT2D eigenvalue weighted by atomic mass is 16.3. The second-order valence-electron chi connectivity index (χ2n) is 9.40. The predicted molar refractivity (Wildman–Crippen MR) is 142 cm³/mol. The Balaban J connectivity index is 1.36. The molecule has 11 nitrogen and oxygen atoms in total. The number of hydrogen-bond donors (Lipinski definition) is 3. The van der Waals surface area contributed by atoms with Gasteiger partial charge in [0.05, 0.1) is 30.8 Å². The normalized spacial score (nSPS) is 14.9. The molecule has 0 bridgehead atoms. The van der Waals surface area contributed by atoms with Crippen LogP contribution in [0.25, 0.3) is 22.3 Å². The molecule has 0 saturated carbocycles. The van der Waals surface area contributed by atoms with Crippen molar-refractivity contribution in [3.05, 3.63) is 77.5 Å². The van der Waals surface area contributed by atoms with Gasteiger partial charge < -0.3 is 16.2 Å². The third-order valence-electron chi connectivity index (χ3n) is 6.93. The molecule has 5 aromatic rings. The molecule has 192 valence electrons. The molecule has 1 aromatic carbocycles. The Hall–Kier alpha value is -4.64. The van der Waals surface area contributed by atoms with E-state index in [-0.39, 0.29) is 18.6 Å². The van der Waals surface area contributed by atoms with Crippen LogP contribution in [0.15, 0.2) is 55.1 Å². The zero-order valence-corrected chi connectivity index (χ0v) is 20.9. The summed E-state index contributed by atoms with van der Waals surface area (Å²) in [5.74, 6) is 0.598. The highest BCUT2D eigenvalue weighted by Crippen LogP contribution is 2.38. The minimum absolute atomic E-state index is 0.0346. The van der Waals surface area contributed by atoms with Gasteiger partial charge in [-0.15, -0.1) is 0 Å². The summed E-state index contributed by atoms with van der Waals surface area (Å²) < 4.78 is 3.78. The zero-order chi connectivity index (χ0) is 26.2. The lowest BCUT2D eigenvalue weighted by Crippen LogP contribution is -2.20. The van der Waals surface area contributed by atoms with Gasteiger partial charge in [0, 0.05) is 28.6 Å². The first-order valence-electron chi connectivity index (χ1n) is 12.5. The summed E-state index contributed by atoms with van der Waals surface area (Å²) in [5.41, 5.74) is 12.1. The number of amides is 1. The van der Waals surface area contributed by atoms with Crippen LogP contribution < -0.4 is 11.1 Å². The number of aryl methyl sites for hydroxylation is 1. The average Bonchev–Trinajstić information content (AvgIpc) is 3.52. The summed E-state index contributed by atoms with van der Waals surface area (Å²) in [5, 5.41) is 22.4. The van der Waals surface area contributed by atoms with E-state index in [1.807, 2.05) is 46.7 Å². The van der Waals surface area contributed by atoms with Crippen molar-refractivity contribution in [3.8, 4) is 11.3 Å². The van der Waals surface area contributed by atoms with Crippen LogP contribution >= 0.6 is 0 Å². The Morgan fingerprint density at radius 2 is 2.03 bits per heavy atom. The lowest BCUT2D eigenvalue weighted by atomic mass is 9.93. The maximum atomic E-state index is 12.8. The number of carbonyl (C=O) groups is 1. The molecule has 0 saturated heterocycles. The Morgan fingerprint density at radius 1 is 1.18 bits per heavy atom. The first-order valence-corrected chi connectivity index (χ1v) is 12.5. The smallest absolute Gasteiger partial charge is 0.256 e. The van der Waals surface area contributed by atoms with Crippen LogP contribution in [0.3, 0.4) is 0 Å². The van der Waals surface area contributed by atoms with Gasteiger partial charge in [0.25, 0.3) is 5.91 Å². The van der Waals surface area contributed by atoms with Gasteiger partial charge in [-0.1, -0.05) is 12.1 Å². The van der Waals surface area contributed by atoms with Gasteiger partial charge in [-0.2, -0.15) is 10.2 Å². The summed E-state index contributed by atoms with van der Waals surface area (Å²) >= 11 is 0. The molecule has 1 aliphatic rings. The van der Waals surface area contributed by atoms with E-state index in [4.69, 9.17) is 10.8 Å². The molecule has 6 rings (SSSR count). The molecule has 0 aliphatic heterocycles. The van der Waals surface area contributed by atoms with Gasteiger partial charge in [-0.05, 0) is 56.0 Å². The van der Waals surface area contributed by atoms with Crippen LogP contribution in [0.5, 0.6) is 0 Å². The first-order chi connectivity index (χ1) is 18.5. The Bertz CT molecular complexity index is 1640. The second-order valence-corrected chi connectivity index (χ2v) is 9.40. The third-order valence-corrected chi connectivity index (χ3v) is 6.93.